The summed E-state index contributed by atoms with van der Waals surface area (Å²) in [7, 11) is 0. The highest BCUT2D eigenvalue weighted by atomic mass is 15.1. The maximum Gasteiger partial charge on any atom is 0.0208 e. The number of hydrogen-bond donors (Lipinski definition) is 1. The Morgan fingerprint density at radius 2 is 1.67 bits per heavy atom. The second-order valence-corrected chi connectivity index (χ2v) is 5.59. The maximum absolute atomic E-state index is 3.57. The molecular formula is C16H26N2. The van der Waals surface area contributed by atoms with Crippen molar-refractivity contribution >= 4 is 0 Å². The van der Waals surface area contributed by atoms with Gasteiger partial charge in [0.05, 0.1) is 0 Å². The van der Waals surface area contributed by atoms with E-state index >= 15 is 0 Å². The monoisotopic (exact) mass is 246 g/mol. The highest BCUT2D eigenvalue weighted by Crippen LogP contribution is 2.15. The fraction of sp³-hybridized carbons (Fsp3) is 0.625. The lowest BCUT2D eigenvalue weighted by Crippen LogP contribution is -2.29. The molecule has 0 bridgehead atoms. The van der Waals surface area contributed by atoms with Crippen molar-refractivity contribution in [3.63, 3.8) is 0 Å². The van der Waals surface area contributed by atoms with E-state index in [-0.39, 0.29) is 0 Å². The number of likely N-dealkylation sites (tertiary alicyclic amines) is 1. The molecule has 0 radical (unpaired) electrons. The molecular weight excluding hydrogens is 220 g/mol. The van der Waals surface area contributed by atoms with E-state index in [0.29, 0.717) is 0 Å². The summed E-state index contributed by atoms with van der Waals surface area (Å²) in [5, 5.41) is 3.57. The smallest absolute Gasteiger partial charge is 0.0208 e. The van der Waals surface area contributed by atoms with Crippen LogP contribution in [-0.4, -0.2) is 31.1 Å². The SMILES string of the molecule is Cc1cc(C)c(CNCCN2CCCC2)cc1C. The van der Waals surface area contributed by atoms with Crippen molar-refractivity contribution in [2.45, 2.75) is 40.2 Å². The van der Waals surface area contributed by atoms with Gasteiger partial charge in [-0.1, -0.05) is 12.1 Å². The Balaban J connectivity index is 1.77. The summed E-state index contributed by atoms with van der Waals surface area (Å²) < 4.78 is 0. The Morgan fingerprint density at radius 3 is 2.39 bits per heavy atom. The zero-order chi connectivity index (χ0) is 13.0. The molecule has 0 aromatic heterocycles. The van der Waals surface area contributed by atoms with Crippen molar-refractivity contribution in [1.82, 2.24) is 10.2 Å². The average Bonchev–Trinajstić information content (AvgIpc) is 2.84. The van der Waals surface area contributed by atoms with E-state index in [1.165, 1.54) is 54.7 Å². The molecule has 2 rings (SSSR count). The third kappa shape index (κ3) is 3.56. The molecule has 0 aliphatic carbocycles. The Kier molecular flexibility index (Phi) is 4.79. The van der Waals surface area contributed by atoms with Crippen molar-refractivity contribution in [2.24, 2.45) is 0 Å². The number of aryl methyl sites for hydroxylation is 3. The number of nitrogens with one attached hydrogen (secondary N) is 1. The van der Waals surface area contributed by atoms with Crippen molar-refractivity contribution in [3.05, 3.63) is 34.4 Å². The van der Waals surface area contributed by atoms with Crippen LogP contribution in [-0.2, 0) is 6.54 Å². The molecule has 1 aliphatic rings. The first-order valence-electron chi connectivity index (χ1n) is 7.16. The van der Waals surface area contributed by atoms with Crippen molar-refractivity contribution in [2.75, 3.05) is 26.2 Å². The molecule has 1 N–H and O–H groups in total. The molecule has 1 saturated heterocycles. The van der Waals surface area contributed by atoms with E-state index in [1.54, 1.807) is 0 Å². The van der Waals surface area contributed by atoms with Gasteiger partial charge in [-0.05, 0) is 69.0 Å². The van der Waals surface area contributed by atoms with Crippen LogP contribution in [0.3, 0.4) is 0 Å². The lowest BCUT2D eigenvalue weighted by molar-refractivity contribution is 0.335. The molecule has 2 heteroatoms. The number of nitrogens with zero attached hydrogens (tertiary/aromatic N) is 1. The van der Waals surface area contributed by atoms with E-state index in [9.17, 15) is 0 Å². The van der Waals surface area contributed by atoms with Crippen LogP contribution < -0.4 is 5.32 Å². The molecule has 100 valence electrons. The van der Waals surface area contributed by atoms with Crippen LogP contribution in [0, 0.1) is 20.8 Å². The molecule has 0 saturated carbocycles. The first-order chi connectivity index (χ1) is 8.66. The zero-order valence-electron chi connectivity index (χ0n) is 12.1. The molecule has 1 aromatic rings. The van der Waals surface area contributed by atoms with Gasteiger partial charge in [0.2, 0.25) is 0 Å². The predicted octanol–water partition coefficient (Wildman–Crippen LogP) is 2.80. The van der Waals surface area contributed by atoms with Gasteiger partial charge in [0.1, 0.15) is 0 Å². The van der Waals surface area contributed by atoms with Crippen LogP contribution in [0.2, 0.25) is 0 Å². The summed E-state index contributed by atoms with van der Waals surface area (Å²) in [6.45, 7) is 12.5. The van der Waals surface area contributed by atoms with Crippen molar-refractivity contribution in [3.8, 4) is 0 Å². The van der Waals surface area contributed by atoms with E-state index in [4.69, 9.17) is 0 Å². The van der Waals surface area contributed by atoms with Gasteiger partial charge in [-0.15, -0.1) is 0 Å². The number of benzene rings is 1. The van der Waals surface area contributed by atoms with Gasteiger partial charge in [0, 0.05) is 19.6 Å². The second kappa shape index (κ2) is 6.35. The standard InChI is InChI=1S/C16H26N2/c1-13-10-15(3)16(11-14(13)2)12-17-6-9-18-7-4-5-8-18/h10-11,17H,4-9,12H2,1-3H3. The topological polar surface area (TPSA) is 15.3 Å². The van der Waals surface area contributed by atoms with Gasteiger partial charge in [-0.2, -0.15) is 0 Å². The highest BCUT2D eigenvalue weighted by molar-refractivity contribution is 5.36. The molecule has 0 atom stereocenters. The summed E-state index contributed by atoms with van der Waals surface area (Å²) in [6.07, 6.45) is 2.77. The van der Waals surface area contributed by atoms with Gasteiger partial charge in [-0.3, -0.25) is 0 Å². The molecule has 1 aliphatic heterocycles. The predicted molar refractivity (Wildman–Crippen MR) is 78.0 cm³/mol. The van der Waals surface area contributed by atoms with E-state index in [1.807, 2.05) is 0 Å². The number of hydrogen-bond acceptors (Lipinski definition) is 2. The first-order valence-corrected chi connectivity index (χ1v) is 7.16. The van der Waals surface area contributed by atoms with Gasteiger partial charge in [0.25, 0.3) is 0 Å². The summed E-state index contributed by atoms with van der Waals surface area (Å²) in [4.78, 5) is 2.56. The molecule has 0 spiro atoms. The van der Waals surface area contributed by atoms with Gasteiger partial charge < -0.3 is 10.2 Å². The van der Waals surface area contributed by atoms with Crippen LogP contribution in [0.4, 0.5) is 0 Å². The van der Waals surface area contributed by atoms with E-state index in [2.05, 4.69) is 43.1 Å². The maximum atomic E-state index is 3.57. The lowest BCUT2D eigenvalue weighted by Gasteiger charge is -2.15. The quantitative estimate of drug-likeness (QED) is 0.804. The van der Waals surface area contributed by atoms with Crippen molar-refractivity contribution < 1.29 is 0 Å². The Bertz CT molecular complexity index is 392. The molecule has 1 fully saturated rings. The first kappa shape index (κ1) is 13.6. The van der Waals surface area contributed by atoms with Crippen LogP contribution in [0.5, 0.6) is 0 Å². The summed E-state index contributed by atoms with van der Waals surface area (Å²) in [5.74, 6) is 0. The number of rotatable bonds is 5. The summed E-state index contributed by atoms with van der Waals surface area (Å²) in [5.41, 5.74) is 5.65. The molecule has 2 nitrogen and oxygen atoms in total. The van der Waals surface area contributed by atoms with E-state index in [0.717, 1.165) is 13.1 Å². The minimum Gasteiger partial charge on any atom is -0.311 e. The molecule has 0 unspecified atom stereocenters. The third-order valence-electron chi connectivity index (χ3n) is 4.07. The van der Waals surface area contributed by atoms with Crippen LogP contribution in [0.15, 0.2) is 12.1 Å². The molecule has 0 amide bonds. The normalized spacial score (nSPS) is 16.4. The van der Waals surface area contributed by atoms with E-state index < -0.39 is 0 Å². The van der Waals surface area contributed by atoms with Gasteiger partial charge in [-0.25, -0.2) is 0 Å². The van der Waals surface area contributed by atoms with Crippen LogP contribution >= 0.6 is 0 Å². The molecule has 1 aromatic carbocycles. The third-order valence-corrected chi connectivity index (χ3v) is 4.07. The van der Waals surface area contributed by atoms with Crippen LogP contribution in [0.25, 0.3) is 0 Å². The van der Waals surface area contributed by atoms with Gasteiger partial charge >= 0.3 is 0 Å². The second-order valence-electron chi connectivity index (χ2n) is 5.59. The minimum absolute atomic E-state index is 1.00. The minimum atomic E-state index is 1.00. The lowest BCUT2D eigenvalue weighted by atomic mass is 10.0. The summed E-state index contributed by atoms with van der Waals surface area (Å²) in [6, 6.07) is 4.63. The average molecular weight is 246 g/mol. The fourth-order valence-corrected chi connectivity index (χ4v) is 2.68. The Labute approximate surface area is 111 Å². The molecule has 18 heavy (non-hydrogen) atoms. The summed E-state index contributed by atoms with van der Waals surface area (Å²) >= 11 is 0. The van der Waals surface area contributed by atoms with Crippen molar-refractivity contribution in [1.29, 1.82) is 0 Å². The fourth-order valence-electron chi connectivity index (χ4n) is 2.68. The molecule has 1 heterocycles. The highest BCUT2D eigenvalue weighted by Gasteiger charge is 2.10. The zero-order valence-corrected chi connectivity index (χ0v) is 12.1. The Hall–Kier alpha value is -0.860. The van der Waals surface area contributed by atoms with Gasteiger partial charge in [0.15, 0.2) is 0 Å². The van der Waals surface area contributed by atoms with Crippen LogP contribution in [0.1, 0.15) is 35.1 Å². The Morgan fingerprint density at radius 1 is 1.00 bits per heavy atom. The largest absolute Gasteiger partial charge is 0.311 e.